The number of hydrogen-bond donors (Lipinski definition) is 0. The molecule has 0 rings (SSSR count). The average Bonchev–Trinajstić information content (AvgIpc) is 2.47. The standard InChI is InChI=1S/C19H37Br/c1-2-3-4-5-6-7-8-9-10-11-12-13-14-15-16-17-18-19-20/h18-19H,2-17H2,1H3/b19-18-. The highest BCUT2D eigenvalue weighted by Crippen LogP contribution is 2.13. The fraction of sp³-hybridized carbons (Fsp3) is 0.895. The maximum atomic E-state index is 3.31. The number of rotatable bonds is 16. The van der Waals surface area contributed by atoms with E-state index in [1.165, 1.54) is 103 Å². The minimum atomic E-state index is 1.24. The summed E-state index contributed by atoms with van der Waals surface area (Å²) in [6.45, 7) is 2.29. The number of allylic oxidation sites excluding steroid dienone is 1. The largest absolute Gasteiger partial charge is 0.0776 e. The molecular formula is C19H37Br. The highest BCUT2D eigenvalue weighted by Gasteiger charge is 1.93. The fourth-order valence-corrected chi connectivity index (χ4v) is 2.96. The van der Waals surface area contributed by atoms with E-state index in [1.54, 1.807) is 0 Å². The minimum absolute atomic E-state index is 1.24. The molecule has 0 fully saturated rings. The summed E-state index contributed by atoms with van der Waals surface area (Å²) in [5, 5.41) is 0. The van der Waals surface area contributed by atoms with Gasteiger partial charge < -0.3 is 0 Å². The second-order valence-electron chi connectivity index (χ2n) is 6.10. The first kappa shape index (κ1) is 20.2. The molecule has 120 valence electrons. The summed E-state index contributed by atoms with van der Waals surface area (Å²) in [6.07, 6.45) is 25.2. The van der Waals surface area contributed by atoms with Crippen LogP contribution in [0.5, 0.6) is 0 Å². The van der Waals surface area contributed by atoms with E-state index in [1.807, 2.05) is 4.99 Å². The first-order valence-corrected chi connectivity index (χ1v) is 10.1. The third-order valence-electron chi connectivity index (χ3n) is 4.06. The van der Waals surface area contributed by atoms with Crippen molar-refractivity contribution >= 4 is 15.9 Å². The summed E-state index contributed by atoms with van der Waals surface area (Å²) >= 11 is 3.31. The highest BCUT2D eigenvalue weighted by atomic mass is 79.9. The molecule has 0 radical (unpaired) electrons. The van der Waals surface area contributed by atoms with Crippen LogP contribution in [0.4, 0.5) is 0 Å². The van der Waals surface area contributed by atoms with Gasteiger partial charge in [-0.1, -0.05) is 119 Å². The predicted octanol–water partition coefficient (Wildman–Crippen LogP) is 8.16. The molecule has 0 aliphatic heterocycles. The molecule has 0 aliphatic carbocycles. The van der Waals surface area contributed by atoms with E-state index in [-0.39, 0.29) is 0 Å². The van der Waals surface area contributed by atoms with Crippen molar-refractivity contribution in [3.63, 3.8) is 0 Å². The van der Waals surface area contributed by atoms with E-state index >= 15 is 0 Å². The Balaban J connectivity index is 2.92. The van der Waals surface area contributed by atoms with Crippen molar-refractivity contribution in [1.82, 2.24) is 0 Å². The lowest BCUT2D eigenvalue weighted by Gasteiger charge is -2.03. The molecule has 0 spiro atoms. The van der Waals surface area contributed by atoms with Gasteiger partial charge in [-0.15, -0.1) is 0 Å². The molecule has 0 amide bonds. The molecule has 0 aromatic heterocycles. The topological polar surface area (TPSA) is 0 Å². The van der Waals surface area contributed by atoms with E-state index in [0.29, 0.717) is 0 Å². The first-order valence-electron chi connectivity index (χ1n) is 9.17. The van der Waals surface area contributed by atoms with Gasteiger partial charge in [-0.3, -0.25) is 0 Å². The normalized spacial score (nSPS) is 11.5. The van der Waals surface area contributed by atoms with Gasteiger partial charge in [0.15, 0.2) is 0 Å². The van der Waals surface area contributed by atoms with Crippen LogP contribution in [0.1, 0.15) is 110 Å². The molecule has 0 N–H and O–H groups in total. The van der Waals surface area contributed by atoms with Gasteiger partial charge >= 0.3 is 0 Å². The maximum Gasteiger partial charge on any atom is -0.0229 e. The molecule has 0 aromatic carbocycles. The number of hydrogen-bond acceptors (Lipinski definition) is 0. The van der Waals surface area contributed by atoms with Gasteiger partial charge in [0.2, 0.25) is 0 Å². The van der Waals surface area contributed by atoms with Gasteiger partial charge in [0.25, 0.3) is 0 Å². The molecule has 1 heteroatoms. The Bertz CT molecular complexity index is 186. The van der Waals surface area contributed by atoms with Crippen LogP contribution >= 0.6 is 15.9 Å². The summed E-state index contributed by atoms with van der Waals surface area (Å²) in [6, 6.07) is 0. The van der Waals surface area contributed by atoms with Gasteiger partial charge in [-0.25, -0.2) is 0 Å². The Morgan fingerprint density at radius 1 is 0.550 bits per heavy atom. The first-order chi connectivity index (χ1) is 9.91. The third-order valence-corrected chi connectivity index (χ3v) is 4.44. The summed E-state index contributed by atoms with van der Waals surface area (Å²) in [7, 11) is 0. The van der Waals surface area contributed by atoms with E-state index in [9.17, 15) is 0 Å². The molecule has 0 aliphatic rings. The Hall–Kier alpha value is 0.220. The second-order valence-corrected chi connectivity index (χ2v) is 6.63. The lowest BCUT2D eigenvalue weighted by atomic mass is 10.0. The Labute approximate surface area is 136 Å². The van der Waals surface area contributed by atoms with Gasteiger partial charge in [0.1, 0.15) is 0 Å². The molecule has 0 aromatic rings. The fourth-order valence-electron chi connectivity index (χ4n) is 2.70. The quantitative estimate of drug-likeness (QED) is 0.248. The van der Waals surface area contributed by atoms with Crippen LogP contribution in [-0.2, 0) is 0 Å². The van der Waals surface area contributed by atoms with Crippen LogP contribution in [0.2, 0.25) is 0 Å². The monoisotopic (exact) mass is 344 g/mol. The van der Waals surface area contributed by atoms with Crippen LogP contribution in [0.25, 0.3) is 0 Å². The lowest BCUT2D eigenvalue weighted by molar-refractivity contribution is 0.533. The van der Waals surface area contributed by atoms with Gasteiger partial charge in [0.05, 0.1) is 0 Å². The maximum absolute atomic E-state index is 3.31. The van der Waals surface area contributed by atoms with Crippen molar-refractivity contribution < 1.29 is 0 Å². The Morgan fingerprint density at radius 3 is 1.25 bits per heavy atom. The molecule has 0 unspecified atom stereocenters. The van der Waals surface area contributed by atoms with Crippen molar-refractivity contribution in [3.05, 3.63) is 11.1 Å². The van der Waals surface area contributed by atoms with Crippen LogP contribution < -0.4 is 0 Å². The van der Waals surface area contributed by atoms with E-state index < -0.39 is 0 Å². The minimum Gasteiger partial charge on any atom is -0.0776 e. The highest BCUT2D eigenvalue weighted by molar-refractivity contribution is 9.11. The lowest BCUT2D eigenvalue weighted by Crippen LogP contribution is -1.83. The van der Waals surface area contributed by atoms with Crippen molar-refractivity contribution in [2.75, 3.05) is 0 Å². The van der Waals surface area contributed by atoms with Crippen LogP contribution in [-0.4, -0.2) is 0 Å². The van der Waals surface area contributed by atoms with Crippen LogP contribution in [0.3, 0.4) is 0 Å². The summed E-state index contributed by atoms with van der Waals surface area (Å²) in [5.74, 6) is 0. The second kappa shape index (κ2) is 19.2. The van der Waals surface area contributed by atoms with Crippen molar-refractivity contribution in [2.24, 2.45) is 0 Å². The molecular weight excluding hydrogens is 308 g/mol. The zero-order valence-electron chi connectivity index (χ0n) is 13.8. The van der Waals surface area contributed by atoms with E-state index in [0.717, 1.165) is 0 Å². The Morgan fingerprint density at radius 2 is 0.900 bits per heavy atom. The third kappa shape index (κ3) is 18.2. The van der Waals surface area contributed by atoms with E-state index in [4.69, 9.17) is 0 Å². The summed E-state index contributed by atoms with van der Waals surface area (Å²) in [5.41, 5.74) is 0. The Kier molecular flexibility index (Phi) is 19.4. The van der Waals surface area contributed by atoms with Gasteiger partial charge in [-0.2, -0.15) is 0 Å². The predicted molar refractivity (Wildman–Crippen MR) is 97.6 cm³/mol. The van der Waals surface area contributed by atoms with Crippen LogP contribution in [0, 0.1) is 0 Å². The summed E-state index contributed by atoms with van der Waals surface area (Å²) in [4.78, 5) is 1.98. The summed E-state index contributed by atoms with van der Waals surface area (Å²) < 4.78 is 0. The van der Waals surface area contributed by atoms with Gasteiger partial charge in [-0.05, 0) is 17.8 Å². The molecule has 20 heavy (non-hydrogen) atoms. The van der Waals surface area contributed by atoms with Gasteiger partial charge in [0, 0.05) is 0 Å². The molecule has 0 saturated carbocycles. The number of unbranched alkanes of at least 4 members (excludes halogenated alkanes) is 15. The van der Waals surface area contributed by atoms with Crippen molar-refractivity contribution in [2.45, 2.75) is 110 Å². The number of halogens is 1. The van der Waals surface area contributed by atoms with E-state index in [2.05, 4.69) is 28.9 Å². The smallest absolute Gasteiger partial charge is 0.0229 e. The van der Waals surface area contributed by atoms with Crippen molar-refractivity contribution in [3.8, 4) is 0 Å². The average molecular weight is 345 g/mol. The molecule has 0 bridgehead atoms. The molecule has 0 saturated heterocycles. The van der Waals surface area contributed by atoms with Crippen molar-refractivity contribution in [1.29, 1.82) is 0 Å². The molecule has 0 nitrogen and oxygen atoms in total. The molecule has 0 atom stereocenters. The molecule has 0 heterocycles. The van der Waals surface area contributed by atoms with Crippen LogP contribution in [0.15, 0.2) is 11.1 Å². The zero-order chi connectivity index (χ0) is 14.7. The zero-order valence-corrected chi connectivity index (χ0v) is 15.4. The SMILES string of the molecule is CCCCCCCCCCCCCCCCC/C=C\Br.